The van der Waals surface area contributed by atoms with Gasteiger partial charge in [-0.2, -0.15) is 9.57 Å². The molecule has 9 heteroatoms. The number of benzene rings is 2. The summed E-state index contributed by atoms with van der Waals surface area (Å²) in [4.78, 5) is 14.0. The SMILES string of the molecule is N#Cc1ccc(CCC(=O)N2CCN(S(=O)(=O)c3ccc(F)c(Cl)c3)CC2)cc1. The Morgan fingerprint density at radius 2 is 1.76 bits per heavy atom. The third-order valence-corrected chi connectivity index (χ3v) is 7.02. The Hall–Kier alpha value is -2.47. The molecule has 1 aliphatic heterocycles. The molecule has 0 atom stereocenters. The van der Waals surface area contributed by atoms with Crippen LogP contribution >= 0.6 is 11.6 Å². The van der Waals surface area contributed by atoms with E-state index in [0.29, 0.717) is 31.5 Å². The van der Waals surface area contributed by atoms with Crippen LogP contribution in [0.15, 0.2) is 47.4 Å². The van der Waals surface area contributed by atoms with Gasteiger partial charge in [0.15, 0.2) is 0 Å². The fourth-order valence-electron chi connectivity index (χ4n) is 3.12. The zero-order valence-electron chi connectivity index (χ0n) is 15.5. The Morgan fingerprint density at radius 3 is 2.34 bits per heavy atom. The minimum atomic E-state index is -3.79. The van der Waals surface area contributed by atoms with E-state index in [4.69, 9.17) is 16.9 Å². The summed E-state index contributed by atoms with van der Waals surface area (Å²) in [6, 6.07) is 12.4. The van der Waals surface area contributed by atoms with Crippen molar-refractivity contribution in [3.8, 4) is 6.07 Å². The highest BCUT2D eigenvalue weighted by Crippen LogP contribution is 2.23. The van der Waals surface area contributed by atoms with Gasteiger partial charge in [0.05, 0.1) is 21.6 Å². The molecule has 1 amide bonds. The van der Waals surface area contributed by atoms with Crippen LogP contribution in [-0.4, -0.2) is 49.7 Å². The van der Waals surface area contributed by atoms with E-state index in [9.17, 15) is 17.6 Å². The second kappa shape index (κ2) is 8.91. The third kappa shape index (κ3) is 4.93. The van der Waals surface area contributed by atoms with Crippen molar-refractivity contribution in [2.75, 3.05) is 26.2 Å². The van der Waals surface area contributed by atoms with Gasteiger partial charge in [0, 0.05) is 32.6 Å². The molecule has 1 fully saturated rings. The lowest BCUT2D eigenvalue weighted by molar-refractivity contribution is -0.132. The number of nitriles is 1. The van der Waals surface area contributed by atoms with Crippen molar-refractivity contribution in [3.63, 3.8) is 0 Å². The Kier molecular flexibility index (Phi) is 6.52. The summed E-state index contributed by atoms with van der Waals surface area (Å²) in [5.41, 5.74) is 1.53. The van der Waals surface area contributed by atoms with Crippen LogP contribution in [0.5, 0.6) is 0 Å². The van der Waals surface area contributed by atoms with E-state index < -0.39 is 15.8 Å². The average Bonchev–Trinajstić information content (AvgIpc) is 2.74. The van der Waals surface area contributed by atoms with Crippen LogP contribution in [0.25, 0.3) is 0 Å². The first-order valence-corrected chi connectivity index (χ1v) is 10.8. The van der Waals surface area contributed by atoms with E-state index in [0.717, 1.165) is 17.7 Å². The van der Waals surface area contributed by atoms with Gasteiger partial charge in [-0.3, -0.25) is 4.79 Å². The van der Waals surface area contributed by atoms with Crippen molar-refractivity contribution in [1.82, 2.24) is 9.21 Å². The van der Waals surface area contributed by atoms with Crippen LogP contribution in [0.4, 0.5) is 4.39 Å². The second-order valence-electron chi connectivity index (χ2n) is 6.67. The lowest BCUT2D eigenvalue weighted by Gasteiger charge is -2.34. The summed E-state index contributed by atoms with van der Waals surface area (Å²) in [6.45, 7) is 0.917. The quantitative estimate of drug-likeness (QED) is 0.723. The van der Waals surface area contributed by atoms with Crippen LogP contribution in [-0.2, 0) is 21.2 Å². The summed E-state index contributed by atoms with van der Waals surface area (Å²) in [7, 11) is -3.79. The molecule has 29 heavy (non-hydrogen) atoms. The molecule has 0 unspecified atom stereocenters. The third-order valence-electron chi connectivity index (χ3n) is 4.83. The number of nitrogens with zero attached hydrogens (tertiary/aromatic N) is 3. The highest BCUT2D eigenvalue weighted by molar-refractivity contribution is 7.89. The number of hydrogen-bond acceptors (Lipinski definition) is 4. The Labute approximate surface area is 174 Å². The van der Waals surface area contributed by atoms with E-state index >= 15 is 0 Å². The molecule has 1 saturated heterocycles. The van der Waals surface area contributed by atoms with Crippen molar-refractivity contribution in [3.05, 3.63) is 64.4 Å². The Morgan fingerprint density at radius 1 is 1.10 bits per heavy atom. The van der Waals surface area contributed by atoms with E-state index in [1.54, 1.807) is 17.0 Å². The van der Waals surface area contributed by atoms with Gasteiger partial charge in [0.2, 0.25) is 15.9 Å². The van der Waals surface area contributed by atoms with Crippen LogP contribution < -0.4 is 0 Å². The van der Waals surface area contributed by atoms with Crippen LogP contribution in [0.3, 0.4) is 0 Å². The van der Waals surface area contributed by atoms with Crippen LogP contribution in [0.1, 0.15) is 17.5 Å². The fraction of sp³-hybridized carbons (Fsp3) is 0.300. The molecule has 0 aromatic heterocycles. The van der Waals surface area contributed by atoms with Gasteiger partial charge < -0.3 is 4.90 Å². The molecule has 152 valence electrons. The maximum absolute atomic E-state index is 13.3. The zero-order valence-corrected chi connectivity index (χ0v) is 17.1. The van der Waals surface area contributed by atoms with Crippen molar-refractivity contribution in [1.29, 1.82) is 5.26 Å². The van der Waals surface area contributed by atoms with Crippen molar-refractivity contribution in [2.45, 2.75) is 17.7 Å². The van der Waals surface area contributed by atoms with Gasteiger partial charge in [-0.15, -0.1) is 0 Å². The molecule has 1 heterocycles. The summed E-state index contributed by atoms with van der Waals surface area (Å²) < 4.78 is 40.0. The number of carbonyl (C=O) groups is 1. The summed E-state index contributed by atoms with van der Waals surface area (Å²) in [5, 5.41) is 8.57. The second-order valence-corrected chi connectivity index (χ2v) is 9.01. The molecule has 0 N–H and O–H groups in total. The smallest absolute Gasteiger partial charge is 0.243 e. The Bertz CT molecular complexity index is 1040. The predicted octanol–water partition coefficient (Wildman–Crippen LogP) is 2.82. The topological polar surface area (TPSA) is 81.5 Å². The number of aryl methyl sites for hydroxylation is 1. The standard InChI is InChI=1S/C20H19ClFN3O3S/c21-18-13-17(6-7-19(18)22)29(27,28)25-11-9-24(10-12-25)20(26)8-5-15-1-3-16(14-23)4-2-15/h1-4,6-7,13H,5,8-12H2. The largest absolute Gasteiger partial charge is 0.340 e. The minimum Gasteiger partial charge on any atom is -0.340 e. The van der Waals surface area contributed by atoms with E-state index in [2.05, 4.69) is 0 Å². The minimum absolute atomic E-state index is 0.0452. The first kappa shape index (κ1) is 21.2. The summed E-state index contributed by atoms with van der Waals surface area (Å²) in [5.74, 6) is -0.723. The fourth-order valence-corrected chi connectivity index (χ4v) is 4.81. The number of sulfonamides is 1. The molecular formula is C20H19ClFN3O3S. The van der Waals surface area contributed by atoms with Crippen molar-refractivity contribution < 1.29 is 17.6 Å². The highest BCUT2D eigenvalue weighted by Gasteiger charge is 2.30. The van der Waals surface area contributed by atoms with E-state index in [-0.39, 0.29) is 28.9 Å². The highest BCUT2D eigenvalue weighted by atomic mass is 35.5. The first-order valence-electron chi connectivity index (χ1n) is 9.03. The molecule has 0 radical (unpaired) electrons. The predicted molar refractivity (Wildman–Crippen MR) is 106 cm³/mol. The number of hydrogen-bond donors (Lipinski definition) is 0. The van der Waals surface area contributed by atoms with Crippen molar-refractivity contribution in [2.24, 2.45) is 0 Å². The van der Waals surface area contributed by atoms with Gasteiger partial charge in [-0.05, 0) is 42.3 Å². The first-order chi connectivity index (χ1) is 13.8. The zero-order chi connectivity index (χ0) is 21.0. The number of carbonyl (C=O) groups excluding carboxylic acids is 1. The molecule has 0 aliphatic carbocycles. The van der Waals surface area contributed by atoms with Gasteiger partial charge in [-0.25, -0.2) is 12.8 Å². The van der Waals surface area contributed by atoms with Gasteiger partial charge in [-0.1, -0.05) is 23.7 Å². The van der Waals surface area contributed by atoms with Gasteiger partial charge in [0.25, 0.3) is 0 Å². The number of halogens is 2. The summed E-state index contributed by atoms with van der Waals surface area (Å²) in [6.07, 6.45) is 0.864. The molecule has 6 nitrogen and oxygen atoms in total. The van der Waals surface area contributed by atoms with Crippen molar-refractivity contribution >= 4 is 27.5 Å². The molecule has 2 aromatic rings. The van der Waals surface area contributed by atoms with Gasteiger partial charge >= 0.3 is 0 Å². The summed E-state index contributed by atoms with van der Waals surface area (Å²) >= 11 is 5.70. The average molecular weight is 436 g/mol. The number of amides is 1. The lowest BCUT2D eigenvalue weighted by Crippen LogP contribution is -2.50. The molecule has 2 aromatic carbocycles. The lowest BCUT2D eigenvalue weighted by atomic mass is 10.1. The number of piperazine rings is 1. The maximum atomic E-state index is 13.3. The maximum Gasteiger partial charge on any atom is 0.243 e. The van der Waals surface area contributed by atoms with E-state index in [1.165, 1.54) is 10.4 Å². The molecule has 1 aliphatic rings. The van der Waals surface area contributed by atoms with Gasteiger partial charge in [0.1, 0.15) is 5.82 Å². The van der Waals surface area contributed by atoms with Crippen LogP contribution in [0.2, 0.25) is 5.02 Å². The van der Waals surface area contributed by atoms with E-state index in [1.807, 2.05) is 18.2 Å². The molecule has 0 saturated carbocycles. The molecular weight excluding hydrogens is 417 g/mol. The van der Waals surface area contributed by atoms with Crippen LogP contribution in [0, 0.1) is 17.1 Å². The number of rotatable bonds is 5. The molecule has 3 rings (SSSR count). The monoisotopic (exact) mass is 435 g/mol. The molecule has 0 bridgehead atoms. The normalized spacial score (nSPS) is 15.1. The molecule has 0 spiro atoms. The Balaban J connectivity index is 1.55.